The Hall–Kier alpha value is -3.27. The molecule has 33 heavy (non-hydrogen) atoms. The first-order valence-electron chi connectivity index (χ1n) is 10.1. The molecule has 0 aliphatic carbocycles. The van der Waals surface area contributed by atoms with E-state index in [-0.39, 0.29) is 5.57 Å². The standard InChI is InChI=1S/C26H22BrClN2O3/c1-16-5-4-6-18(9-16)15-33-25-13-22(27)19(11-24(25)32-3)10-20(14-29)26(31)30-21-8-7-17(2)23(28)12-21/h4-13H,15H2,1-3H3,(H,30,31)/b20-10-. The molecule has 1 amide bonds. The summed E-state index contributed by atoms with van der Waals surface area (Å²) in [5.41, 5.74) is 4.13. The molecule has 0 atom stereocenters. The first-order chi connectivity index (χ1) is 15.8. The molecule has 0 aromatic heterocycles. The number of carbonyl (C=O) groups is 1. The van der Waals surface area contributed by atoms with Crippen molar-refractivity contribution in [3.63, 3.8) is 0 Å². The first kappa shape index (κ1) is 24.4. The van der Waals surface area contributed by atoms with Crippen molar-refractivity contribution in [2.24, 2.45) is 0 Å². The molecule has 0 unspecified atom stereocenters. The third kappa shape index (κ3) is 6.38. The number of nitrogens with one attached hydrogen (secondary N) is 1. The minimum Gasteiger partial charge on any atom is -0.493 e. The Balaban J connectivity index is 1.82. The van der Waals surface area contributed by atoms with E-state index in [1.807, 2.05) is 38.1 Å². The van der Waals surface area contributed by atoms with Gasteiger partial charge in [-0.15, -0.1) is 0 Å². The summed E-state index contributed by atoms with van der Waals surface area (Å²) in [5, 5.41) is 12.8. The van der Waals surface area contributed by atoms with Gasteiger partial charge in [0.15, 0.2) is 11.5 Å². The molecule has 0 spiro atoms. The van der Waals surface area contributed by atoms with E-state index in [9.17, 15) is 10.1 Å². The van der Waals surface area contributed by atoms with Gasteiger partial charge in [0, 0.05) is 15.2 Å². The van der Waals surface area contributed by atoms with Crippen molar-refractivity contribution in [2.75, 3.05) is 12.4 Å². The first-order valence-corrected chi connectivity index (χ1v) is 11.2. The van der Waals surface area contributed by atoms with E-state index in [1.165, 1.54) is 13.2 Å². The highest BCUT2D eigenvalue weighted by molar-refractivity contribution is 9.10. The summed E-state index contributed by atoms with van der Waals surface area (Å²) in [7, 11) is 1.54. The average molecular weight is 526 g/mol. The number of methoxy groups -OCH3 is 1. The molecule has 0 aliphatic heterocycles. The van der Waals surface area contributed by atoms with Crippen molar-refractivity contribution in [1.29, 1.82) is 5.26 Å². The summed E-state index contributed by atoms with van der Waals surface area (Å²) >= 11 is 9.62. The van der Waals surface area contributed by atoms with Crippen LogP contribution in [0.4, 0.5) is 5.69 Å². The van der Waals surface area contributed by atoms with Crippen LogP contribution in [0.3, 0.4) is 0 Å². The van der Waals surface area contributed by atoms with E-state index in [0.717, 1.165) is 16.7 Å². The van der Waals surface area contributed by atoms with Crippen molar-refractivity contribution in [2.45, 2.75) is 20.5 Å². The van der Waals surface area contributed by atoms with Gasteiger partial charge >= 0.3 is 0 Å². The minimum atomic E-state index is -0.539. The van der Waals surface area contributed by atoms with E-state index >= 15 is 0 Å². The minimum absolute atomic E-state index is 0.0668. The van der Waals surface area contributed by atoms with Gasteiger partial charge in [-0.25, -0.2) is 0 Å². The monoisotopic (exact) mass is 524 g/mol. The van der Waals surface area contributed by atoms with E-state index in [0.29, 0.717) is 38.9 Å². The number of aryl methyl sites for hydroxylation is 2. The Labute approximate surface area is 206 Å². The van der Waals surface area contributed by atoms with E-state index in [4.69, 9.17) is 21.1 Å². The fraction of sp³-hybridized carbons (Fsp3) is 0.154. The van der Waals surface area contributed by atoms with Crippen LogP contribution in [0.1, 0.15) is 22.3 Å². The Morgan fingerprint density at radius 2 is 1.94 bits per heavy atom. The Morgan fingerprint density at radius 1 is 1.15 bits per heavy atom. The van der Waals surface area contributed by atoms with Crippen molar-refractivity contribution in [3.8, 4) is 17.6 Å². The Bertz CT molecular complexity index is 1260. The van der Waals surface area contributed by atoms with Crippen LogP contribution in [0.15, 0.2) is 64.6 Å². The smallest absolute Gasteiger partial charge is 0.266 e. The molecule has 0 fully saturated rings. The van der Waals surface area contributed by atoms with Crippen LogP contribution in [-0.2, 0) is 11.4 Å². The predicted octanol–water partition coefficient (Wildman–Crippen LogP) is 6.85. The molecule has 0 heterocycles. The third-order valence-electron chi connectivity index (χ3n) is 4.85. The van der Waals surface area contributed by atoms with E-state index in [1.54, 1.807) is 30.3 Å². The number of hydrogen-bond acceptors (Lipinski definition) is 4. The highest BCUT2D eigenvalue weighted by Gasteiger charge is 2.14. The lowest BCUT2D eigenvalue weighted by atomic mass is 10.1. The van der Waals surface area contributed by atoms with Gasteiger partial charge in [0.2, 0.25) is 0 Å². The van der Waals surface area contributed by atoms with Crippen molar-refractivity contribution >= 4 is 45.2 Å². The quantitative estimate of drug-likeness (QED) is 0.270. The second-order valence-corrected chi connectivity index (χ2v) is 8.65. The largest absolute Gasteiger partial charge is 0.493 e. The molecular formula is C26H22BrClN2O3. The number of nitrogens with zero attached hydrogens (tertiary/aromatic N) is 1. The van der Waals surface area contributed by atoms with Gasteiger partial charge in [0.1, 0.15) is 18.2 Å². The lowest BCUT2D eigenvalue weighted by Crippen LogP contribution is -2.13. The molecule has 0 radical (unpaired) electrons. The topological polar surface area (TPSA) is 71.3 Å². The predicted molar refractivity (Wildman–Crippen MR) is 135 cm³/mol. The van der Waals surface area contributed by atoms with Gasteiger partial charge < -0.3 is 14.8 Å². The molecule has 5 nitrogen and oxygen atoms in total. The normalized spacial score (nSPS) is 11.0. The van der Waals surface area contributed by atoms with Gasteiger partial charge in [0.25, 0.3) is 5.91 Å². The summed E-state index contributed by atoms with van der Waals surface area (Å²) in [6.07, 6.45) is 1.49. The molecule has 3 rings (SSSR count). The summed E-state index contributed by atoms with van der Waals surface area (Å²) in [5.74, 6) is 0.489. The second-order valence-electron chi connectivity index (χ2n) is 7.39. The van der Waals surface area contributed by atoms with E-state index in [2.05, 4.69) is 27.3 Å². The van der Waals surface area contributed by atoms with Crippen molar-refractivity contribution < 1.29 is 14.3 Å². The van der Waals surface area contributed by atoms with Crippen LogP contribution in [0.25, 0.3) is 6.08 Å². The number of rotatable bonds is 7. The maximum atomic E-state index is 12.6. The molecule has 0 saturated heterocycles. The van der Waals surface area contributed by atoms with Crippen molar-refractivity contribution in [3.05, 3.63) is 91.9 Å². The number of hydrogen-bond donors (Lipinski definition) is 1. The van der Waals surface area contributed by atoms with Crippen molar-refractivity contribution in [1.82, 2.24) is 0 Å². The molecule has 7 heteroatoms. The zero-order valence-electron chi connectivity index (χ0n) is 18.4. The zero-order chi connectivity index (χ0) is 24.0. The zero-order valence-corrected chi connectivity index (χ0v) is 20.8. The van der Waals surface area contributed by atoms with Gasteiger partial charge in [-0.05, 0) is 60.9 Å². The van der Waals surface area contributed by atoms with Crippen LogP contribution >= 0.6 is 27.5 Å². The van der Waals surface area contributed by atoms with Crippen LogP contribution in [0.5, 0.6) is 11.5 Å². The fourth-order valence-corrected chi connectivity index (χ4v) is 3.69. The van der Waals surface area contributed by atoms with Gasteiger partial charge in [-0.1, -0.05) is 63.4 Å². The average Bonchev–Trinajstić information content (AvgIpc) is 2.79. The summed E-state index contributed by atoms with van der Waals surface area (Å²) in [6, 6.07) is 18.6. The maximum Gasteiger partial charge on any atom is 0.266 e. The number of nitriles is 1. The van der Waals surface area contributed by atoms with Crippen LogP contribution in [-0.4, -0.2) is 13.0 Å². The SMILES string of the molecule is COc1cc(/C=C(/C#N)C(=O)Nc2ccc(C)c(Cl)c2)c(Br)cc1OCc1cccc(C)c1. The summed E-state index contributed by atoms with van der Waals surface area (Å²) in [4.78, 5) is 12.6. The fourth-order valence-electron chi connectivity index (χ4n) is 3.07. The van der Waals surface area contributed by atoms with Gasteiger partial charge in [0.05, 0.1) is 7.11 Å². The number of anilines is 1. The summed E-state index contributed by atoms with van der Waals surface area (Å²) < 4.78 is 12.1. The molecular weight excluding hydrogens is 504 g/mol. The number of benzene rings is 3. The molecule has 0 bridgehead atoms. The lowest BCUT2D eigenvalue weighted by Gasteiger charge is -2.13. The molecule has 3 aromatic rings. The Kier molecular flexibility index (Phi) is 8.16. The molecule has 0 saturated carbocycles. The van der Waals surface area contributed by atoms with Crippen LogP contribution in [0, 0.1) is 25.2 Å². The van der Waals surface area contributed by atoms with Gasteiger partial charge in [-0.2, -0.15) is 5.26 Å². The molecule has 3 aromatic carbocycles. The summed E-state index contributed by atoms with van der Waals surface area (Å²) in [6.45, 7) is 4.27. The Morgan fingerprint density at radius 3 is 2.61 bits per heavy atom. The van der Waals surface area contributed by atoms with E-state index < -0.39 is 5.91 Å². The van der Waals surface area contributed by atoms with Crippen LogP contribution in [0.2, 0.25) is 5.02 Å². The molecule has 168 valence electrons. The number of halogens is 2. The maximum absolute atomic E-state index is 12.6. The molecule has 1 N–H and O–H groups in total. The number of carbonyl (C=O) groups excluding carboxylic acids is 1. The second kappa shape index (κ2) is 11.0. The number of amides is 1. The highest BCUT2D eigenvalue weighted by atomic mass is 79.9. The molecule has 0 aliphatic rings. The lowest BCUT2D eigenvalue weighted by molar-refractivity contribution is -0.112. The van der Waals surface area contributed by atoms with Crippen LogP contribution < -0.4 is 14.8 Å². The third-order valence-corrected chi connectivity index (χ3v) is 5.95. The van der Waals surface area contributed by atoms with Gasteiger partial charge in [-0.3, -0.25) is 4.79 Å². The highest BCUT2D eigenvalue weighted by Crippen LogP contribution is 2.35. The number of ether oxygens (including phenoxy) is 2.